The van der Waals surface area contributed by atoms with Gasteiger partial charge in [-0.25, -0.2) is 0 Å². The van der Waals surface area contributed by atoms with Crippen LogP contribution in [0.15, 0.2) is 0 Å². The van der Waals surface area contributed by atoms with E-state index in [1.807, 2.05) is 0 Å². The second kappa shape index (κ2) is 15.8. The summed E-state index contributed by atoms with van der Waals surface area (Å²) >= 11 is 3.35. The number of hydrogen-bond donors (Lipinski definition) is 0. The molecule has 0 saturated heterocycles. The van der Waals surface area contributed by atoms with Crippen molar-refractivity contribution in [1.82, 2.24) is 4.90 Å². The Balaban J connectivity index is 0.000000527. The normalized spacial score (nSPS) is 18.1. The Morgan fingerprint density at radius 1 is 0.963 bits per heavy atom. The summed E-state index contributed by atoms with van der Waals surface area (Å²) in [5.41, 5.74) is 0. The van der Waals surface area contributed by atoms with Crippen LogP contribution in [0.5, 0.6) is 0 Å². The van der Waals surface area contributed by atoms with Gasteiger partial charge in [0.05, 0.1) is 5.92 Å². The van der Waals surface area contributed by atoms with E-state index in [4.69, 9.17) is 4.74 Å². The molecule has 3 nitrogen and oxygen atoms in total. The lowest BCUT2D eigenvalue weighted by Gasteiger charge is -2.27. The van der Waals surface area contributed by atoms with Crippen molar-refractivity contribution in [3.8, 4) is 0 Å². The molecule has 0 aliphatic heterocycles. The van der Waals surface area contributed by atoms with Gasteiger partial charge in [-0.3, -0.25) is 4.79 Å². The van der Waals surface area contributed by atoms with Crippen LogP contribution < -0.4 is 0 Å². The molecule has 0 unspecified atom stereocenters. The smallest absolute Gasteiger partial charge is 0.309 e. The highest BCUT2D eigenvalue weighted by atomic mass is 79.9. The fraction of sp³-hybridized carbons (Fsp3) is 0.957. The third kappa shape index (κ3) is 9.78. The Kier molecular flexibility index (Phi) is 14.6. The van der Waals surface area contributed by atoms with Gasteiger partial charge < -0.3 is 9.64 Å². The molecule has 0 bridgehead atoms. The summed E-state index contributed by atoms with van der Waals surface area (Å²) in [5.74, 6) is 1.52. The molecule has 0 heterocycles. The van der Waals surface area contributed by atoms with Gasteiger partial charge in [-0.1, -0.05) is 75.2 Å². The number of carbonyl (C=O) groups excluding carboxylic acids is 1. The van der Waals surface area contributed by atoms with Gasteiger partial charge in [0, 0.05) is 11.9 Å². The lowest BCUT2D eigenvalue weighted by Crippen LogP contribution is -2.33. The number of rotatable bonds is 11. The average Bonchev–Trinajstić information content (AvgIpc) is 3.39. The molecule has 2 aliphatic rings. The van der Waals surface area contributed by atoms with Crippen molar-refractivity contribution in [2.75, 3.05) is 31.6 Å². The van der Waals surface area contributed by atoms with Crippen molar-refractivity contribution in [1.29, 1.82) is 0 Å². The predicted molar refractivity (Wildman–Crippen MR) is 119 cm³/mol. The average molecular weight is 447 g/mol. The van der Waals surface area contributed by atoms with Gasteiger partial charge in [-0.2, -0.15) is 0 Å². The van der Waals surface area contributed by atoms with Crippen LogP contribution in [-0.2, 0) is 9.53 Å². The molecule has 0 aromatic heterocycles. The van der Waals surface area contributed by atoms with Crippen LogP contribution in [0.25, 0.3) is 0 Å². The van der Waals surface area contributed by atoms with Gasteiger partial charge >= 0.3 is 5.97 Å². The molecule has 0 aromatic carbocycles. The van der Waals surface area contributed by atoms with E-state index < -0.39 is 0 Å². The molecular weight excluding hydrogens is 402 g/mol. The second-order valence-corrected chi connectivity index (χ2v) is 9.00. The van der Waals surface area contributed by atoms with Crippen molar-refractivity contribution < 1.29 is 9.53 Å². The molecule has 2 rings (SSSR count). The van der Waals surface area contributed by atoms with Gasteiger partial charge in [0.25, 0.3) is 0 Å². The zero-order chi connectivity index (χ0) is 19.9. The zero-order valence-corrected chi connectivity index (χ0v) is 19.8. The Bertz CT molecular complexity index is 341. The topological polar surface area (TPSA) is 29.5 Å². The summed E-state index contributed by atoms with van der Waals surface area (Å²) in [6, 6.07) is 0. The highest BCUT2D eigenvalue weighted by Crippen LogP contribution is 2.42. The van der Waals surface area contributed by atoms with E-state index in [0.29, 0.717) is 18.4 Å². The fourth-order valence-corrected chi connectivity index (χ4v) is 5.06. The third-order valence-electron chi connectivity index (χ3n) is 6.37. The van der Waals surface area contributed by atoms with Gasteiger partial charge in [0.15, 0.2) is 0 Å². The predicted octanol–water partition coefficient (Wildman–Crippen LogP) is 6.44. The van der Waals surface area contributed by atoms with E-state index in [0.717, 1.165) is 19.6 Å². The largest absolute Gasteiger partial charge is 0.464 e. The summed E-state index contributed by atoms with van der Waals surface area (Å²) in [6.07, 6.45) is 14.2. The number of halogens is 1. The molecule has 2 aliphatic carbocycles. The maximum atomic E-state index is 12.6. The van der Waals surface area contributed by atoms with Crippen LogP contribution in [-0.4, -0.2) is 42.4 Å². The van der Waals surface area contributed by atoms with Crippen molar-refractivity contribution >= 4 is 21.9 Å². The van der Waals surface area contributed by atoms with Crippen LogP contribution in [0.2, 0.25) is 0 Å². The number of hydrogen-bond acceptors (Lipinski definition) is 3. The minimum absolute atomic E-state index is 0.112. The second-order valence-electron chi connectivity index (χ2n) is 8.21. The lowest BCUT2D eigenvalue weighted by atomic mass is 9.79. The summed E-state index contributed by atoms with van der Waals surface area (Å²) < 4.78 is 5.68. The molecule has 0 atom stereocenters. The standard InChI is InChI=1S/C18H33NO2.C5H11Br/c1-3-19(4-2)13-14-21-18(20)17(15-9-5-6-10-15)16-11-7-8-12-16;1-2-3-4-5-6/h15-17H,3-14H2,1-2H3;2-5H2,1H3. The molecule has 0 N–H and O–H groups in total. The summed E-state index contributed by atoms with van der Waals surface area (Å²) in [7, 11) is 0. The molecule has 160 valence electrons. The van der Waals surface area contributed by atoms with Crippen LogP contribution in [0.4, 0.5) is 0 Å². The third-order valence-corrected chi connectivity index (χ3v) is 6.93. The molecule has 0 aromatic rings. The van der Waals surface area contributed by atoms with E-state index in [2.05, 4.69) is 41.6 Å². The maximum absolute atomic E-state index is 12.6. The molecule has 2 fully saturated rings. The number of alkyl halides is 1. The summed E-state index contributed by atoms with van der Waals surface area (Å²) in [5, 5.41) is 1.17. The Hall–Kier alpha value is -0.0900. The number of nitrogens with zero attached hydrogens (tertiary/aromatic N) is 1. The number of esters is 1. The first kappa shape index (κ1) is 24.9. The van der Waals surface area contributed by atoms with E-state index in [1.165, 1.54) is 76.0 Å². The first-order chi connectivity index (χ1) is 13.2. The number of likely N-dealkylation sites (N-methyl/N-ethyl adjacent to an activating group) is 1. The van der Waals surface area contributed by atoms with Crippen molar-refractivity contribution in [2.24, 2.45) is 17.8 Å². The molecule has 27 heavy (non-hydrogen) atoms. The zero-order valence-electron chi connectivity index (χ0n) is 18.2. The fourth-order valence-electron chi connectivity index (χ4n) is 4.66. The van der Waals surface area contributed by atoms with Crippen LogP contribution in [0, 0.1) is 17.8 Å². The summed E-state index contributed by atoms with van der Waals surface area (Å²) in [6.45, 7) is 10.0. The Morgan fingerprint density at radius 3 is 1.85 bits per heavy atom. The van der Waals surface area contributed by atoms with Gasteiger partial charge in [-0.15, -0.1) is 0 Å². The Morgan fingerprint density at radius 2 is 1.48 bits per heavy atom. The lowest BCUT2D eigenvalue weighted by molar-refractivity contribution is -0.153. The minimum Gasteiger partial charge on any atom is -0.464 e. The van der Waals surface area contributed by atoms with Gasteiger partial charge in [0.1, 0.15) is 6.61 Å². The Labute approximate surface area is 177 Å². The van der Waals surface area contributed by atoms with Crippen molar-refractivity contribution in [2.45, 2.75) is 91.4 Å². The molecule has 0 radical (unpaired) electrons. The monoisotopic (exact) mass is 445 g/mol. The molecule has 0 amide bonds. The first-order valence-corrected chi connectivity index (χ1v) is 12.7. The van der Waals surface area contributed by atoms with E-state index in [-0.39, 0.29) is 11.9 Å². The summed E-state index contributed by atoms with van der Waals surface area (Å²) in [4.78, 5) is 14.9. The molecule has 0 spiro atoms. The van der Waals surface area contributed by atoms with Crippen LogP contribution in [0.3, 0.4) is 0 Å². The molecular formula is C23H44BrNO2. The van der Waals surface area contributed by atoms with E-state index >= 15 is 0 Å². The van der Waals surface area contributed by atoms with E-state index in [9.17, 15) is 4.79 Å². The highest BCUT2D eigenvalue weighted by Gasteiger charge is 2.38. The van der Waals surface area contributed by atoms with Gasteiger partial charge in [-0.05, 0) is 57.0 Å². The van der Waals surface area contributed by atoms with Gasteiger partial charge in [0.2, 0.25) is 0 Å². The number of unbranched alkanes of at least 4 members (excludes halogenated alkanes) is 2. The van der Waals surface area contributed by atoms with Crippen molar-refractivity contribution in [3.05, 3.63) is 0 Å². The SMILES string of the molecule is CCCCCBr.CCN(CC)CCOC(=O)C(C1CCCC1)C1CCCC1. The number of carbonyl (C=O) groups is 1. The quantitative estimate of drug-likeness (QED) is 0.208. The number of ether oxygens (including phenoxy) is 1. The molecule has 4 heteroatoms. The molecule has 2 saturated carbocycles. The van der Waals surface area contributed by atoms with Crippen molar-refractivity contribution in [3.63, 3.8) is 0 Å². The highest BCUT2D eigenvalue weighted by molar-refractivity contribution is 9.09. The van der Waals surface area contributed by atoms with Crippen LogP contribution in [0.1, 0.15) is 91.4 Å². The van der Waals surface area contributed by atoms with E-state index in [1.54, 1.807) is 0 Å². The first-order valence-electron chi connectivity index (χ1n) is 11.6. The maximum Gasteiger partial charge on any atom is 0.309 e. The van der Waals surface area contributed by atoms with Crippen LogP contribution >= 0.6 is 15.9 Å². The minimum atomic E-state index is 0.112.